The van der Waals surface area contributed by atoms with Gasteiger partial charge >= 0.3 is 0 Å². The molecule has 0 heterocycles. The van der Waals surface area contributed by atoms with E-state index < -0.39 is 0 Å². The third-order valence-electron chi connectivity index (χ3n) is 2.59. The summed E-state index contributed by atoms with van der Waals surface area (Å²) in [5.41, 5.74) is 1.10. The predicted molar refractivity (Wildman–Crippen MR) is 71.0 cm³/mol. The second-order valence-corrected chi connectivity index (χ2v) is 4.97. The lowest BCUT2D eigenvalue weighted by Gasteiger charge is -2.25. The first kappa shape index (κ1) is 13.4. The van der Waals surface area contributed by atoms with Gasteiger partial charge in [-0.25, -0.2) is 0 Å². The highest BCUT2D eigenvalue weighted by molar-refractivity contribution is 7.99. The molecule has 1 aromatic rings. The van der Waals surface area contributed by atoms with Gasteiger partial charge < -0.3 is 4.90 Å². The van der Waals surface area contributed by atoms with Crippen molar-refractivity contribution in [3.63, 3.8) is 0 Å². The van der Waals surface area contributed by atoms with Gasteiger partial charge in [-0.3, -0.25) is 4.79 Å². The summed E-state index contributed by atoms with van der Waals surface area (Å²) in [5, 5.41) is 0.717. The monoisotopic (exact) mass is 257 g/mol. The molecule has 1 unspecified atom stereocenters. The van der Waals surface area contributed by atoms with E-state index in [1.54, 1.807) is 16.7 Å². The van der Waals surface area contributed by atoms with Crippen molar-refractivity contribution in [1.82, 2.24) is 4.90 Å². The highest BCUT2D eigenvalue weighted by Crippen LogP contribution is 2.21. The maximum atomic E-state index is 11.7. The summed E-state index contributed by atoms with van der Waals surface area (Å²) < 4.78 is 0. The fourth-order valence-electron chi connectivity index (χ4n) is 1.41. The van der Waals surface area contributed by atoms with Crippen LogP contribution in [-0.2, 0) is 4.79 Å². The molecule has 16 heavy (non-hydrogen) atoms. The van der Waals surface area contributed by atoms with Gasteiger partial charge in [0.15, 0.2) is 0 Å². The van der Waals surface area contributed by atoms with Gasteiger partial charge in [0, 0.05) is 12.1 Å². The molecule has 4 heteroatoms. The summed E-state index contributed by atoms with van der Waals surface area (Å²) in [6, 6.07) is 7.68. The van der Waals surface area contributed by atoms with Crippen LogP contribution in [-0.4, -0.2) is 29.9 Å². The van der Waals surface area contributed by atoms with E-state index in [2.05, 4.69) is 0 Å². The molecule has 1 amide bonds. The molecule has 0 radical (unpaired) electrons. The molecule has 0 aromatic heterocycles. The van der Waals surface area contributed by atoms with Crippen molar-refractivity contribution in [3.8, 4) is 0 Å². The smallest absolute Gasteiger partial charge is 0.232 e. The summed E-state index contributed by atoms with van der Waals surface area (Å²) in [7, 11) is 1.83. The number of benzene rings is 1. The summed E-state index contributed by atoms with van der Waals surface area (Å²) in [6.45, 7) is 2.02. The molecular formula is C12H16ClNOS. The van der Waals surface area contributed by atoms with Gasteiger partial charge in [-0.2, -0.15) is 11.8 Å². The van der Waals surface area contributed by atoms with Crippen LogP contribution in [0.3, 0.4) is 0 Å². The van der Waals surface area contributed by atoms with Crippen molar-refractivity contribution >= 4 is 29.3 Å². The van der Waals surface area contributed by atoms with Gasteiger partial charge in [0.1, 0.15) is 0 Å². The minimum atomic E-state index is 0.0805. The highest BCUT2D eigenvalue weighted by Gasteiger charge is 2.16. The Bertz CT molecular complexity index is 353. The first-order valence-corrected chi connectivity index (χ1v) is 6.83. The van der Waals surface area contributed by atoms with E-state index in [1.165, 1.54) is 0 Å². The zero-order chi connectivity index (χ0) is 12.1. The second kappa shape index (κ2) is 6.16. The Morgan fingerprint density at radius 2 is 2.00 bits per heavy atom. The van der Waals surface area contributed by atoms with Crippen LogP contribution in [0.15, 0.2) is 24.3 Å². The van der Waals surface area contributed by atoms with Gasteiger partial charge in [-0.1, -0.05) is 23.7 Å². The van der Waals surface area contributed by atoms with Crippen LogP contribution < -0.4 is 0 Å². The number of thioether (sulfide) groups is 1. The average molecular weight is 258 g/mol. The normalized spacial score (nSPS) is 12.2. The number of nitrogens with zero attached hydrogens (tertiary/aromatic N) is 1. The van der Waals surface area contributed by atoms with Crippen molar-refractivity contribution in [1.29, 1.82) is 0 Å². The molecule has 0 aliphatic carbocycles. The van der Waals surface area contributed by atoms with E-state index in [4.69, 9.17) is 11.6 Å². The molecule has 1 atom stereocenters. The zero-order valence-electron chi connectivity index (χ0n) is 9.74. The molecule has 0 fully saturated rings. The van der Waals surface area contributed by atoms with Crippen LogP contribution in [0.4, 0.5) is 0 Å². The number of amides is 1. The maximum absolute atomic E-state index is 11.7. The molecular weight excluding hydrogens is 242 g/mol. The van der Waals surface area contributed by atoms with Crippen molar-refractivity contribution < 1.29 is 4.79 Å². The standard InChI is InChI=1S/C12H16ClNOS/c1-9(14(2)12(15)8-16-3)10-4-6-11(13)7-5-10/h4-7,9H,8H2,1-3H3. The lowest BCUT2D eigenvalue weighted by atomic mass is 10.1. The molecule has 0 aliphatic rings. The topological polar surface area (TPSA) is 20.3 Å². The van der Waals surface area contributed by atoms with Crippen LogP contribution in [0.5, 0.6) is 0 Å². The molecule has 88 valence electrons. The van der Waals surface area contributed by atoms with E-state index in [9.17, 15) is 4.79 Å². The van der Waals surface area contributed by atoms with Gasteiger partial charge in [0.05, 0.1) is 11.8 Å². The van der Waals surface area contributed by atoms with Gasteiger partial charge in [0.25, 0.3) is 0 Å². The van der Waals surface area contributed by atoms with E-state index in [0.717, 1.165) is 5.56 Å². The third-order valence-corrected chi connectivity index (χ3v) is 3.38. The van der Waals surface area contributed by atoms with E-state index in [-0.39, 0.29) is 11.9 Å². The van der Waals surface area contributed by atoms with Crippen molar-refractivity contribution in [2.75, 3.05) is 19.1 Å². The van der Waals surface area contributed by atoms with Crippen LogP contribution in [0.25, 0.3) is 0 Å². The summed E-state index contributed by atoms with van der Waals surface area (Å²) in [6.07, 6.45) is 1.93. The Hall–Kier alpha value is -0.670. The maximum Gasteiger partial charge on any atom is 0.232 e. The van der Waals surface area contributed by atoms with Gasteiger partial charge in [-0.05, 0) is 30.9 Å². The van der Waals surface area contributed by atoms with Crippen LogP contribution in [0.2, 0.25) is 5.02 Å². The van der Waals surface area contributed by atoms with E-state index >= 15 is 0 Å². The Kier molecular flexibility index (Phi) is 5.16. The lowest BCUT2D eigenvalue weighted by Crippen LogP contribution is -2.30. The minimum Gasteiger partial charge on any atom is -0.338 e. The second-order valence-electron chi connectivity index (χ2n) is 3.67. The third kappa shape index (κ3) is 3.42. The molecule has 0 saturated carbocycles. The molecule has 0 bridgehead atoms. The predicted octanol–water partition coefficient (Wildman–Crippen LogP) is 3.22. The molecule has 0 N–H and O–H groups in total. The Balaban J connectivity index is 2.73. The minimum absolute atomic E-state index is 0.0805. The summed E-state index contributed by atoms with van der Waals surface area (Å²) in [5.74, 6) is 0.670. The Morgan fingerprint density at radius 3 is 2.50 bits per heavy atom. The Morgan fingerprint density at radius 1 is 1.44 bits per heavy atom. The van der Waals surface area contributed by atoms with Crippen LogP contribution in [0, 0.1) is 0 Å². The fourth-order valence-corrected chi connectivity index (χ4v) is 1.98. The zero-order valence-corrected chi connectivity index (χ0v) is 11.3. The molecule has 2 nitrogen and oxygen atoms in total. The van der Waals surface area contributed by atoms with Crippen molar-refractivity contribution in [2.45, 2.75) is 13.0 Å². The first-order valence-electron chi connectivity index (χ1n) is 5.06. The lowest BCUT2D eigenvalue weighted by molar-refractivity contribution is -0.128. The van der Waals surface area contributed by atoms with E-state index in [0.29, 0.717) is 10.8 Å². The average Bonchev–Trinajstić information content (AvgIpc) is 2.28. The number of hydrogen-bond acceptors (Lipinski definition) is 2. The quantitative estimate of drug-likeness (QED) is 0.826. The number of hydrogen-bond donors (Lipinski definition) is 0. The number of rotatable bonds is 4. The van der Waals surface area contributed by atoms with Gasteiger partial charge in [0.2, 0.25) is 5.91 Å². The summed E-state index contributed by atoms with van der Waals surface area (Å²) in [4.78, 5) is 13.5. The first-order chi connectivity index (χ1) is 7.56. The van der Waals surface area contributed by atoms with Crippen molar-refractivity contribution in [2.24, 2.45) is 0 Å². The van der Waals surface area contributed by atoms with Crippen molar-refractivity contribution in [3.05, 3.63) is 34.9 Å². The Labute approximate surface area is 106 Å². The molecule has 1 aromatic carbocycles. The van der Waals surface area contributed by atoms with Gasteiger partial charge in [-0.15, -0.1) is 0 Å². The number of carbonyl (C=O) groups is 1. The molecule has 0 saturated heterocycles. The van der Waals surface area contributed by atoms with Crippen LogP contribution in [0.1, 0.15) is 18.5 Å². The van der Waals surface area contributed by atoms with Crippen LogP contribution >= 0.6 is 23.4 Å². The highest BCUT2D eigenvalue weighted by atomic mass is 35.5. The largest absolute Gasteiger partial charge is 0.338 e. The fraction of sp³-hybridized carbons (Fsp3) is 0.417. The SMILES string of the molecule is CSCC(=O)N(C)C(C)c1ccc(Cl)cc1. The molecule has 0 aliphatic heterocycles. The van der Waals surface area contributed by atoms with E-state index in [1.807, 2.05) is 44.5 Å². The number of carbonyl (C=O) groups excluding carboxylic acids is 1. The molecule has 0 spiro atoms. The molecule has 1 rings (SSSR count). The summed E-state index contributed by atoms with van der Waals surface area (Å²) >= 11 is 7.37. The number of halogens is 1.